The first-order valence-electron chi connectivity index (χ1n) is 3.60. The van der Waals surface area contributed by atoms with Gasteiger partial charge in [0.15, 0.2) is 0 Å². The molecule has 0 unspecified atom stereocenters. The molecule has 0 atom stereocenters. The molecule has 0 spiro atoms. The summed E-state index contributed by atoms with van der Waals surface area (Å²) in [5, 5.41) is 36.2. The summed E-state index contributed by atoms with van der Waals surface area (Å²) in [5.41, 5.74) is -1.69. The van der Waals surface area contributed by atoms with E-state index in [2.05, 4.69) is 0 Å². The highest BCUT2D eigenvalue weighted by Gasteiger charge is 2.40. The molecule has 72 valence electrons. The van der Waals surface area contributed by atoms with E-state index in [4.69, 9.17) is 15.3 Å². The molecule has 0 rings (SSSR count). The molecule has 0 radical (unpaired) electrons. The van der Waals surface area contributed by atoms with E-state index in [-0.39, 0.29) is 19.4 Å². The Bertz CT molecular complexity index is 145. The molecule has 0 saturated carbocycles. The standard InChI is InChI=1S/C6H13NO5/c8-3-1-2-6(4-9,5-10)7(11)12/h8-10H,1-5H2. The number of aliphatic hydroxyl groups excluding tert-OH is 3. The molecular weight excluding hydrogens is 166 g/mol. The zero-order valence-electron chi connectivity index (χ0n) is 6.64. The third kappa shape index (κ3) is 2.40. The van der Waals surface area contributed by atoms with Crippen molar-refractivity contribution in [3.63, 3.8) is 0 Å². The molecule has 12 heavy (non-hydrogen) atoms. The highest BCUT2D eigenvalue weighted by atomic mass is 16.6. The molecule has 6 heteroatoms. The largest absolute Gasteiger partial charge is 0.396 e. The van der Waals surface area contributed by atoms with E-state index < -0.39 is 23.7 Å². The predicted octanol–water partition coefficient (Wildman–Crippen LogP) is -1.24. The Labute approximate surface area is 69.6 Å². The van der Waals surface area contributed by atoms with Gasteiger partial charge in [-0.2, -0.15) is 0 Å². The van der Waals surface area contributed by atoms with Crippen LogP contribution in [0.2, 0.25) is 0 Å². The first-order chi connectivity index (χ1) is 5.63. The molecule has 0 aromatic carbocycles. The van der Waals surface area contributed by atoms with Crippen LogP contribution in [0.1, 0.15) is 12.8 Å². The maximum Gasteiger partial charge on any atom is 0.267 e. The van der Waals surface area contributed by atoms with E-state index in [0.717, 1.165) is 0 Å². The predicted molar refractivity (Wildman–Crippen MR) is 40.2 cm³/mol. The van der Waals surface area contributed by atoms with Crippen molar-refractivity contribution in [1.29, 1.82) is 0 Å². The van der Waals surface area contributed by atoms with Gasteiger partial charge in [-0.25, -0.2) is 0 Å². The summed E-state index contributed by atoms with van der Waals surface area (Å²) in [6.07, 6.45) is 0.172. The Hall–Kier alpha value is -0.720. The van der Waals surface area contributed by atoms with Crippen molar-refractivity contribution in [2.45, 2.75) is 18.4 Å². The second-order valence-electron chi connectivity index (χ2n) is 2.62. The highest BCUT2D eigenvalue weighted by molar-refractivity contribution is 4.77. The topological polar surface area (TPSA) is 104 Å². The Balaban J connectivity index is 4.25. The van der Waals surface area contributed by atoms with E-state index in [1.54, 1.807) is 0 Å². The SMILES string of the molecule is O=[N+]([O-])C(CO)(CO)CCCO. The maximum absolute atomic E-state index is 10.4. The molecule has 0 saturated heterocycles. The van der Waals surface area contributed by atoms with Crippen LogP contribution < -0.4 is 0 Å². The third-order valence-electron chi connectivity index (χ3n) is 1.78. The average Bonchev–Trinajstić information content (AvgIpc) is 2.07. The number of aliphatic hydroxyl groups is 3. The minimum absolute atomic E-state index is 0.0243. The molecule has 0 bridgehead atoms. The van der Waals surface area contributed by atoms with Gasteiger partial charge in [-0.15, -0.1) is 0 Å². The molecule has 0 aromatic rings. The van der Waals surface area contributed by atoms with Crippen LogP contribution in [0.5, 0.6) is 0 Å². The van der Waals surface area contributed by atoms with Crippen LogP contribution in [-0.4, -0.2) is 45.6 Å². The van der Waals surface area contributed by atoms with Crippen molar-refractivity contribution in [3.05, 3.63) is 10.1 Å². The highest BCUT2D eigenvalue weighted by Crippen LogP contribution is 2.15. The monoisotopic (exact) mass is 179 g/mol. The van der Waals surface area contributed by atoms with Crippen molar-refractivity contribution in [2.75, 3.05) is 19.8 Å². The minimum Gasteiger partial charge on any atom is -0.396 e. The fourth-order valence-electron chi connectivity index (χ4n) is 0.823. The third-order valence-corrected chi connectivity index (χ3v) is 1.78. The molecule has 3 N–H and O–H groups in total. The van der Waals surface area contributed by atoms with E-state index >= 15 is 0 Å². The van der Waals surface area contributed by atoms with Gasteiger partial charge in [-0.3, -0.25) is 10.1 Å². The number of nitro groups is 1. The van der Waals surface area contributed by atoms with Crippen molar-refractivity contribution in [2.24, 2.45) is 0 Å². The molecule has 0 heterocycles. The lowest BCUT2D eigenvalue weighted by Crippen LogP contribution is -2.45. The van der Waals surface area contributed by atoms with Gasteiger partial charge in [0.25, 0.3) is 5.54 Å². The number of hydrogen-bond acceptors (Lipinski definition) is 5. The summed E-state index contributed by atoms with van der Waals surface area (Å²) >= 11 is 0. The molecule has 0 aliphatic rings. The lowest BCUT2D eigenvalue weighted by molar-refractivity contribution is -0.578. The van der Waals surface area contributed by atoms with Crippen molar-refractivity contribution < 1.29 is 20.2 Å². The van der Waals surface area contributed by atoms with Gasteiger partial charge < -0.3 is 15.3 Å². The van der Waals surface area contributed by atoms with Gasteiger partial charge in [0.05, 0.1) is 0 Å². The zero-order valence-corrected chi connectivity index (χ0v) is 6.64. The first kappa shape index (κ1) is 11.3. The quantitative estimate of drug-likeness (QED) is 0.349. The van der Waals surface area contributed by atoms with Gasteiger partial charge in [-0.05, 0) is 6.42 Å². The lowest BCUT2D eigenvalue weighted by atomic mass is 9.97. The van der Waals surface area contributed by atoms with Crippen molar-refractivity contribution in [3.8, 4) is 0 Å². The van der Waals surface area contributed by atoms with Crippen LogP contribution in [0.25, 0.3) is 0 Å². The molecular formula is C6H13NO5. The molecule has 0 aliphatic heterocycles. The molecule has 0 aromatic heterocycles. The Morgan fingerprint density at radius 2 is 1.75 bits per heavy atom. The fourth-order valence-corrected chi connectivity index (χ4v) is 0.823. The summed E-state index contributed by atoms with van der Waals surface area (Å²) in [4.78, 5) is 9.69. The van der Waals surface area contributed by atoms with E-state index in [0.29, 0.717) is 0 Å². The number of rotatable bonds is 6. The minimum atomic E-state index is -1.69. The number of nitrogens with zero attached hydrogens (tertiary/aromatic N) is 1. The maximum atomic E-state index is 10.4. The number of hydrogen-bond donors (Lipinski definition) is 3. The summed E-state index contributed by atoms with van der Waals surface area (Å²) in [6, 6.07) is 0. The van der Waals surface area contributed by atoms with Gasteiger partial charge in [0.2, 0.25) is 0 Å². The normalized spacial score (nSPS) is 11.6. The van der Waals surface area contributed by atoms with Crippen LogP contribution in [-0.2, 0) is 0 Å². The Morgan fingerprint density at radius 1 is 1.25 bits per heavy atom. The van der Waals surface area contributed by atoms with Gasteiger partial charge in [0, 0.05) is 18.0 Å². The van der Waals surface area contributed by atoms with Crippen molar-refractivity contribution in [1.82, 2.24) is 0 Å². The van der Waals surface area contributed by atoms with Crippen molar-refractivity contribution >= 4 is 0 Å². The second-order valence-corrected chi connectivity index (χ2v) is 2.62. The smallest absolute Gasteiger partial charge is 0.267 e. The average molecular weight is 179 g/mol. The summed E-state index contributed by atoms with van der Waals surface area (Å²) in [6.45, 7) is -1.61. The van der Waals surface area contributed by atoms with Crippen LogP contribution >= 0.6 is 0 Å². The van der Waals surface area contributed by atoms with E-state index in [1.807, 2.05) is 0 Å². The molecule has 0 aliphatic carbocycles. The lowest BCUT2D eigenvalue weighted by Gasteiger charge is -2.19. The zero-order chi connectivity index (χ0) is 9.61. The summed E-state index contributed by atoms with van der Waals surface area (Å²) in [5.74, 6) is 0. The van der Waals surface area contributed by atoms with E-state index in [9.17, 15) is 10.1 Å². The summed E-state index contributed by atoms with van der Waals surface area (Å²) < 4.78 is 0. The molecule has 6 nitrogen and oxygen atoms in total. The van der Waals surface area contributed by atoms with Gasteiger partial charge in [-0.1, -0.05) is 0 Å². The second kappa shape index (κ2) is 5.02. The fraction of sp³-hybridized carbons (Fsp3) is 1.00. The summed E-state index contributed by atoms with van der Waals surface area (Å²) in [7, 11) is 0. The first-order valence-corrected chi connectivity index (χ1v) is 3.60. The van der Waals surface area contributed by atoms with Crippen LogP contribution in [0.4, 0.5) is 0 Å². The van der Waals surface area contributed by atoms with Gasteiger partial charge >= 0.3 is 0 Å². The van der Waals surface area contributed by atoms with Gasteiger partial charge in [0.1, 0.15) is 13.2 Å². The Morgan fingerprint density at radius 3 is 2.00 bits per heavy atom. The van der Waals surface area contributed by atoms with E-state index in [1.165, 1.54) is 0 Å². The van der Waals surface area contributed by atoms with Crippen LogP contribution in [0, 0.1) is 10.1 Å². The van der Waals surface area contributed by atoms with Crippen LogP contribution in [0.15, 0.2) is 0 Å². The molecule has 0 fully saturated rings. The molecule has 0 amide bonds. The van der Waals surface area contributed by atoms with Crippen LogP contribution in [0.3, 0.4) is 0 Å². The Kier molecular flexibility index (Phi) is 4.72.